The monoisotopic (exact) mass is 712 g/mol. The van der Waals surface area contributed by atoms with Gasteiger partial charge in [0.15, 0.2) is 0 Å². The lowest BCUT2D eigenvalue weighted by Gasteiger charge is -2.46. The number of hydrogen-bond acceptors (Lipinski definition) is 8. The molecule has 244 valence electrons. The van der Waals surface area contributed by atoms with Crippen LogP contribution in [0.15, 0.2) is 51.9 Å². The SMILES string of the molecule is CNC(=O)C(=O)CC[C@H](NC(=O)c1cc2cc(Br)ccc2s1)C(=O)Nc1cccn(CC(=O)NC2C3CCCC(C3)CN2C)c1=O. The molecule has 0 radical (unpaired) electrons. The van der Waals surface area contributed by atoms with Crippen molar-refractivity contribution in [1.82, 2.24) is 25.4 Å². The van der Waals surface area contributed by atoms with Gasteiger partial charge in [0.1, 0.15) is 18.3 Å². The standard InChI is InChI=1S/C32H37BrN6O6S/c1-34-30(43)24(40)10-9-22(35-31(44)26-15-20-14-21(33)8-11-25(20)46-26)29(42)36-23-7-4-12-39(32(23)45)17-27(41)37-28-19-6-3-5-18(13-19)16-38(28)2/h4,7-8,11-12,14-15,18-19,22,28H,3,5-6,9-10,13,16-17H2,1-2H3,(H,34,43)(H,35,44)(H,36,42)(H,37,41)/t18?,19?,22-,28?/m0/s1. The fourth-order valence-corrected chi connectivity index (χ4v) is 7.71. The van der Waals surface area contributed by atoms with Gasteiger partial charge in [0, 0.05) is 35.4 Å². The van der Waals surface area contributed by atoms with E-state index in [0.717, 1.165) is 40.4 Å². The fourth-order valence-electron chi connectivity index (χ4n) is 6.39. The smallest absolute Gasteiger partial charge is 0.287 e. The van der Waals surface area contributed by atoms with Gasteiger partial charge < -0.3 is 25.8 Å². The van der Waals surface area contributed by atoms with Gasteiger partial charge >= 0.3 is 0 Å². The molecular formula is C32H37BrN6O6S. The molecule has 2 aliphatic rings. The third-order valence-corrected chi connectivity index (χ3v) is 10.3. The molecule has 0 spiro atoms. The summed E-state index contributed by atoms with van der Waals surface area (Å²) in [6.45, 7) is 0.696. The van der Waals surface area contributed by atoms with E-state index in [9.17, 15) is 28.8 Å². The average molecular weight is 714 g/mol. The lowest BCUT2D eigenvalue weighted by atomic mass is 9.76. The highest BCUT2D eigenvalue weighted by Crippen LogP contribution is 2.36. The minimum Gasteiger partial charge on any atom is -0.353 e. The zero-order valence-electron chi connectivity index (χ0n) is 25.6. The Hall–Kier alpha value is -3.88. The maximum atomic E-state index is 13.5. The van der Waals surface area contributed by atoms with E-state index in [-0.39, 0.29) is 37.1 Å². The normalized spacial score (nSPS) is 20.0. The summed E-state index contributed by atoms with van der Waals surface area (Å²) in [7, 11) is 3.33. The number of rotatable bonds is 11. The first-order chi connectivity index (χ1) is 22.0. The van der Waals surface area contributed by atoms with Crippen molar-refractivity contribution >= 4 is 72.5 Å². The van der Waals surface area contributed by atoms with Crippen LogP contribution in [-0.2, 0) is 25.7 Å². The molecule has 46 heavy (non-hydrogen) atoms. The van der Waals surface area contributed by atoms with Crippen LogP contribution >= 0.6 is 27.3 Å². The van der Waals surface area contributed by atoms with Crippen LogP contribution in [0.25, 0.3) is 10.1 Å². The van der Waals surface area contributed by atoms with E-state index in [1.807, 2.05) is 25.2 Å². The van der Waals surface area contributed by atoms with Crippen molar-refractivity contribution in [2.24, 2.45) is 11.8 Å². The zero-order chi connectivity index (χ0) is 33.0. The number of ketones is 1. The summed E-state index contributed by atoms with van der Waals surface area (Å²) in [5.41, 5.74) is -0.684. The number of nitrogens with one attached hydrogen (secondary N) is 4. The van der Waals surface area contributed by atoms with E-state index in [0.29, 0.717) is 16.7 Å². The lowest BCUT2D eigenvalue weighted by molar-refractivity contribution is -0.137. The predicted octanol–water partition coefficient (Wildman–Crippen LogP) is 2.85. The van der Waals surface area contributed by atoms with Crippen molar-refractivity contribution in [3.05, 3.63) is 62.3 Å². The number of hydrogen-bond donors (Lipinski definition) is 4. The molecule has 1 aliphatic heterocycles. The van der Waals surface area contributed by atoms with Gasteiger partial charge in [-0.1, -0.05) is 22.4 Å². The van der Waals surface area contributed by atoms with E-state index in [4.69, 9.17) is 0 Å². The highest BCUT2D eigenvalue weighted by atomic mass is 79.9. The number of carbonyl (C=O) groups is 5. The first kappa shape index (κ1) is 33.5. The molecule has 5 rings (SSSR count). The number of pyridine rings is 1. The van der Waals surface area contributed by atoms with Crippen molar-refractivity contribution in [1.29, 1.82) is 0 Å². The Balaban J connectivity index is 1.28. The Bertz CT molecular complexity index is 1720. The average Bonchev–Trinajstić information content (AvgIpc) is 3.46. The second-order valence-electron chi connectivity index (χ2n) is 11.9. The Labute approximate surface area is 278 Å². The summed E-state index contributed by atoms with van der Waals surface area (Å²) in [6.07, 6.45) is 5.40. The zero-order valence-corrected chi connectivity index (χ0v) is 28.0. The van der Waals surface area contributed by atoms with Crippen LogP contribution < -0.4 is 26.8 Å². The van der Waals surface area contributed by atoms with Crippen LogP contribution in [-0.4, -0.2) is 71.7 Å². The van der Waals surface area contributed by atoms with Crippen LogP contribution in [0, 0.1) is 11.8 Å². The van der Waals surface area contributed by atoms with Crippen LogP contribution in [0.5, 0.6) is 0 Å². The summed E-state index contributed by atoms with van der Waals surface area (Å²) in [5, 5.41) is 11.4. The molecule has 2 aromatic heterocycles. The molecule has 3 aromatic rings. The van der Waals surface area contributed by atoms with E-state index in [2.05, 4.69) is 42.1 Å². The molecular weight excluding hydrogens is 676 g/mol. The third kappa shape index (κ3) is 7.91. The van der Waals surface area contributed by atoms with Crippen molar-refractivity contribution in [2.45, 2.75) is 57.3 Å². The summed E-state index contributed by atoms with van der Waals surface area (Å²) in [6, 6.07) is 9.00. The maximum absolute atomic E-state index is 13.5. The molecule has 2 bridgehead atoms. The molecule has 1 aliphatic carbocycles. The fraction of sp³-hybridized carbons (Fsp3) is 0.438. The highest BCUT2D eigenvalue weighted by molar-refractivity contribution is 9.10. The van der Waals surface area contributed by atoms with Crippen molar-refractivity contribution in [2.75, 3.05) is 26.0 Å². The minimum atomic E-state index is -1.24. The number of carbonyl (C=O) groups excluding carboxylic acids is 5. The number of likely N-dealkylation sites (tertiary alicyclic amines) is 1. The van der Waals surface area contributed by atoms with Gasteiger partial charge in [0.25, 0.3) is 17.4 Å². The molecule has 1 saturated heterocycles. The number of amides is 4. The van der Waals surface area contributed by atoms with Crippen LogP contribution in [0.2, 0.25) is 0 Å². The number of piperidine rings is 1. The van der Waals surface area contributed by atoms with Crippen LogP contribution in [0.1, 0.15) is 48.2 Å². The van der Waals surface area contributed by atoms with E-state index < -0.39 is 35.1 Å². The number of nitrogens with zero attached hydrogens (tertiary/aromatic N) is 2. The van der Waals surface area contributed by atoms with Crippen molar-refractivity contribution < 1.29 is 24.0 Å². The number of fused-ring (bicyclic) bond motifs is 3. The Morgan fingerprint density at radius 1 is 1.11 bits per heavy atom. The second kappa shape index (κ2) is 14.7. The third-order valence-electron chi connectivity index (χ3n) is 8.66. The van der Waals surface area contributed by atoms with Crippen LogP contribution in [0.3, 0.4) is 0 Å². The summed E-state index contributed by atoms with van der Waals surface area (Å²) >= 11 is 4.66. The maximum Gasteiger partial charge on any atom is 0.287 e. The first-order valence-corrected chi connectivity index (χ1v) is 16.9. The molecule has 1 saturated carbocycles. The number of thiophene rings is 1. The predicted molar refractivity (Wildman–Crippen MR) is 178 cm³/mol. The number of benzene rings is 1. The van der Waals surface area contributed by atoms with Gasteiger partial charge in [-0.15, -0.1) is 11.3 Å². The number of anilines is 1. The molecule has 12 nitrogen and oxygen atoms in total. The summed E-state index contributed by atoms with van der Waals surface area (Å²) in [5.74, 6) is -2.11. The first-order valence-electron chi connectivity index (χ1n) is 15.3. The Morgan fingerprint density at radius 3 is 2.70 bits per heavy atom. The summed E-state index contributed by atoms with van der Waals surface area (Å²) < 4.78 is 2.94. The Kier molecular flexibility index (Phi) is 10.7. The number of aromatic nitrogens is 1. The van der Waals surface area contributed by atoms with Gasteiger partial charge in [0.2, 0.25) is 17.6 Å². The molecule has 2 fully saturated rings. The van der Waals surface area contributed by atoms with Crippen molar-refractivity contribution in [3.8, 4) is 0 Å². The number of Topliss-reactive ketones (excluding diaryl/α,β-unsaturated/α-hetero) is 1. The highest BCUT2D eigenvalue weighted by Gasteiger charge is 2.37. The van der Waals surface area contributed by atoms with Gasteiger partial charge in [0.05, 0.1) is 11.0 Å². The molecule has 4 atom stereocenters. The number of halogens is 1. The van der Waals surface area contributed by atoms with E-state index in [1.165, 1.54) is 41.6 Å². The molecule has 14 heteroatoms. The molecule has 4 N–H and O–H groups in total. The van der Waals surface area contributed by atoms with E-state index >= 15 is 0 Å². The van der Waals surface area contributed by atoms with Crippen LogP contribution in [0.4, 0.5) is 5.69 Å². The van der Waals surface area contributed by atoms with Gasteiger partial charge in [-0.3, -0.25) is 33.7 Å². The Morgan fingerprint density at radius 2 is 1.91 bits per heavy atom. The molecule has 3 heterocycles. The molecule has 3 unspecified atom stereocenters. The van der Waals surface area contributed by atoms with Gasteiger partial charge in [-0.2, -0.15) is 0 Å². The molecule has 4 amide bonds. The van der Waals surface area contributed by atoms with Crippen molar-refractivity contribution in [3.63, 3.8) is 0 Å². The van der Waals surface area contributed by atoms with Gasteiger partial charge in [-0.25, -0.2) is 0 Å². The topological polar surface area (TPSA) is 159 Å². The quantitative estimate of drug-likeness (QED) is 0.223. The van der Waals surface area contributed by atoms with E-state index in [1.54, 1.807) is 12.1 Å². The lowest BCUT2D eigenvalue weighted by Crippen LogP contribution is -2.57. The molecule has 1 aromatic carbocycles. The largest absolute Gasteiger partial charge is 0.353 e. The number of likely N-dealkylation sites (N-methyl/N-ethyl adjacent to an activating group) is 1. The summed E-state index contributed by atoms with van der Waals surface area (Å²) in [4.78, 5) is 79.6. The van der Waals surface area contributed by atoms with Gasteiger partial charge in [-0.05, 0) is 86.4 Å². The second-order valence-corrected chi connectivity index (χ2v) is 13.9. The minimum absolute atomic E-state index is 0.0891.